The van der Waals surface area contributed by atoms with Crippen molar-refractivity contribution in [3.05, 3.63) is 54.2 Å². The summed E-state index contributed by atoms with van der Waals surface area (Å²) in [5.74, 6) is -0.601. The molecule has 0 aliphatic carbocycles. The number of anilines is 1. The SMILES string of the molecule is CCOc1ccc(NC(=O)Cn2cc(C(=O)OC)c3ccccc32)cc1S(=O)(=O)N1CCCC1. The van der Waals surface area contributed by atoms with Gasteiger partial charge in [-0.1, -0.05) is 18.2 Å². The number of hydrogen-bond acceptors (Lipinski definition) is 6. The lowest BCUT2D eigenvalue weighted by Crippen LogP contribution is -2.28. The van der Waals surface area contributed by atoms with Crippen LogP contribution in [0.15, 0.2) is 53.6 Å². The van der Waals surface area contributed by atoms with Crippen molar-refractivity contribution >= 4 is 38.5 Å². The number of carbonyl (C=O) groups is 2. The molecule has 0 radical (unpaired) electrons. The molecule has 1 N–H and O–H groups in total. The molecule has 180 valence electrons. The van der Waals surface area contributed by atoms with Gasteiger partial charge < -0.3 is 19.4 Å². The number of ether oxygens (including phenoxy) is 2. The van der Waals surface area contributed by atoms with Gasteiger partial charge in [0.05, 0.1) is 19.3 Å². The number of benzene rings is 2. The van der Waals surface area contributed by atoms with Gasteiger partial charge in [-0.05, 0) is 44.0 Å². The predicted molar refractivity (Wildman–Crippen MR) is 128 cm³/mol. The number of aromatic nitrogens is 1. The Hall–Kier alpha value is -3.37. The fourth-order valence-electron chi connectivity index (χ4n) is 4.14. The highest BCUT2D eigenvalue weighted by atomic mass is 32.2. The lowest BCUT2D eigenvalue weighted by atomic mass is 10.2. The number of amides is 1. The van der Waals surface area contributed by atoms with E-state index in [9.17, 15) is 18.0 Å². The number of para-hydroxylation sites is 1. The maximum atomic E-state index is 13.2. The van der Waals surface area contributed by atoms with Crippen LogP contribution in [0, 0.1) is 0 Å². The largest absolute Gasteiger partial charge is 0.492 e. The molecule has 2 heterocycles. The molecule has 10 heteroatoms. The normalized spacial score (nSPS) is 14.3. The molecule has 3 aromatic rings. The van der Waals surface area contributed by atoms with E-state index < -0.39 is 16.0 Å². The van der Waals surface area contributed by atoms with Crippen LogP contribution in [-0.2, 0) is 26.1 Å². The van der Waals surface area contributed by atoms with Crippen molar-refractivity contribution < 1.29 is 27.5 Å². The van der Waals surface area contributed by atoms with Gasteiger partial charge in [-0.25, -0.2) is 13.2 Å². The molecule has 1 saturated heterocycles. The Kier molecular flexibility index (Phi) is 6.90. The van der Waals surface area contributed by atoms with Gasteiger partial charge in [-0.15, -0.1) is 0 Å². The van der Waals surface area contributed by atoms with Crippen LogP contribution in [0.25, 0.3) is 10.9 Å². The number of carbonyl (C=O) groups excluding carboxylic acids is 2. The van der Waals surface area contributed by atoms with Gasteiger partial charge in [0, 0.05) is 35.9 Å². The van der Waals surface area contributed by atoms with E-state index in [1.54, 1.807) is 42.0 Å². The van der Waals surface area contributed by atoms with Crippen LogP contribution in [0.3, 0.4) is 0 Å². The molecule has 4 rings (SSSR count). The summed E-state index contributed by atoms with van der Waals surface area (Å²) in [5, 5.41) is 3.45. The average molecular weight is 486 g/mol. The fourth-order valence-corrected chi connectivity index (χ4v) is 5.81. The molecule has 0 bridgehead atoms. The van der Waals surface area contributed by atoms with Gasteiger partial charge in [-0.2, -0.15) is 4.31 Å². The Morgan fingerprint density at radius 1 is 1.09 bits per heavy atom. The molecule has 0 spiro atoms. The zero-order chi connectivity index (χ0) is 24.3. The van der Waals surface area contributed by atoms with E-state index in [0.29, 0.717) is 41.9 Å². The third kappa shape index (κ3) is 4.64. The van der Waals surface area contributed by atoms with Gasteiger partial charge in [0.1, 0.15) is 17.2 Å². The van der Waals surface area contributed by atoms with Crippen LogP contribution in [0.5, 0.6) is 5.75 Å². The molecule has 0 saturated carbocycles. The van der Waals surface area contributed by atoms with Gasteiger partial charge in [0.15, 0.2) is 0 Å². The van der Waals surface area contributed by atoms with Crippen molar-refractivity contribution in [1.82, 2.24) is 8.87 Å². The first-order valence-electron chi connectivity index (χ1n) is 11.1. The summed E-state index contributed by atoms with van der Waals surface area (Å²) in [7, 11) is -2.44. The number of sulfonamides is 1. The van der Waals surface area contributed by atoms with Gasteiger partial charge in [0.25, 0.3) is 0 Å². The van der Waals surface area contributed by atoms with E-state index in [-0.39, 0.29) is 23.1 Å². The highest BCUT2D eigenvalue weighted by Crippen LogP contribution is 2.32. The predicted octanol–water partition coefficient (Wildman–Crippen LogP) is 3.25. The minimum absolute atomic E-state index is 0.0356. The summed E-state index contributed by atoms with van der Waals surface area (Å²) < 4.78 is 39.9. The number of nitrogens with one attached hydrogen (secondary N) is 1. The lowest BCUT2D eigenvalue weighted by molar-refractivity contribution is -0.116. The number of rotatable bonds is 8. The van der Waals surface area contributed by atoms with Crippen molar-refractivity contribution in [1.29, 1.82) is 0 Å². The van der Waals surface area contributed by atoms with E-state index >= 15 is 0 Å². The zero-order valence-corrected chi connectivity index (χ0v) is 19.9. The molecule has 1 fully saturated rings. The number of fused-ring (bicyclic) bond motifs is 1. The Bertz CT molecular complexity index is 1330. The molecule has 1 aliphatic rings. The zero-order valence-electron chi connectivity index (χ0n) is 19.1. The van der Waals surface area contributed by atoms with Crippen molar-refractivity contribution in [2.75, 3.05) is 32.1 Å². The standard InChI is InChI=1S/C24H27N3O6S/c1-3-33-21-11-10-17(14-22(21)34(30,31)27-12-6-7-13-27)25-23(28)16-26-15-19(24(29)32-2)18-8-4-5-9-20(18)26/h4-5,8-11,14-15H,3,6-7,12-13,16H2,1-2H3,(H,25,28). The topological polar surface area (TPSA) is 107 Å². The number of hydrogen-bond donors (Lipinski definition) is 1. The van der Waals surface area contributed by atoms with Crippen molar-refractivity contribution in [3.8, 4) is 5.75 Å². The first kappa shape index (κ1) is 23.8. The molecule has 0 atom stereocenters. The molecular weight excluding hydrogens is 458 g/mol. The Morgan fingerprint density at radius 3 is 2.53 bits per heavy atom. The lowest BCUT2D eigenvalue weighted by Gasteiger charge is -2.19. The monoisotopic (exact) mass is 485 g/mol. The molecule has 1 amide bonds. The van der Waals surface area contributed by atoms with Crippen LogP contribution in [0.4, 0.5) is 5.69 Å². The second-order valence-corrected chi connectivity index (χ2v) is 9.84. The van der Waals surface area contributed by atoms with E-state index in [0.717, 1.165) is 12.8 Å². The molecule has 34 heavy (non-hydrogen) atoms. The minimum Gasteiger partial charge on any atom is -0.492 e. The highest BCUT2D eigenvalue weighted by Gasteiger charge is 2.30. The fraction of sp³-hybridized carbons (Fsp3) is 0.333. The van der Waals surface area contributed by atoms with E-state index in [2.05, 4.69) is 5.32 Å². The maximum absolute atomic E-state index is 13.2. The van der Waals surface area contributed by atoms with Crippen molar-refractivity contribution in [3.63, 3.8) is 0 Å². The van der Waals surface area contributed by atoms with E-state index in [4.69, 9.17) is 9.47 Å². The minimum atomic E-state index is -3.75. The Balaban J connectivity index is 1.60. The molecule has 2 aromatic carbocycles. The average Bonchev–Trinajstić information content (AvgIpc) is 3.49. The first-order valence-corrected chi connectivity index (χ1v) is 12.5. The highest BCUT2D eigenvalue weighted by molar-refractivity contribution is 7.89. The third-order valence-corrected chi connectivity index (χ3v) is 7.64. The summed E-state index contributed by atoms with van der Waals surface area (Å²) in [4.78, 5) is 25.0. The van der Waals surface area contributed by atoms with Gasteiger partial charge in [0.2, 0.25) is 15.9 Å². The van der Waals surface area contributed by atoms with Crippen LogP contribution >= 0.6 is 0 Å². The quantitative estimate of drug-likeness (QED) is 0.491. The maximum Gasteiger partial charge on any atom is 0.340 e. The van der Waals surface area contributed by atoms with Crippen LogP contribution in [0.2, 0.25) is 0 Å². The second-order valence-electron chi connectivity index (χ2n) is 7.93. The molecule has 1 aromatic heterocycles. The molecular formula is C24H27N3O6S. The summed E-state index contributed by atoms with van der Waals surface area (Å²) in [5.41, 5.74) is 1.42. The molecule has 9 nitrogen and oxygen atoms in total. The summed E-state index contributed by atoms with van der Waals surface area (Å²) in [6.45, 7) is 2.96. The van der Waals surface area contributed by atoms with Gasteiger partial charge >= 0.3 is 5.97 Å². The second kappa shape index (κ2) is 9.86. The number of esters is 1. The van der Waals surface area contributed by atoms with Crippen molar-refractivity contribution in [2.24, 2.45) is 0 Å². The van der Waals surface area contributed by atoms with E-state index in [1.807, 2.05) is 12.1 Å². The first-order chi connectivity index (χ1) is 16.3. The summed E-state index contributed by atoms with van der Waals surface area (Å²) >= 11 is 0. The van der Waals surface area contributed by atoms with Gasteiger partial charge in [-0.3, -0.25) is 4.79 Å². The van der Waals surface area contributed by atoms with E-state index in [1.165, 1.54) is 17.5 Å². The summed E-state index contributed by atoms with van der Waals surface area (Å²) in [6.07, 6.45) is 3.22. The number of methoxy groups -OCH3 is 1. The van der Waals surface area contributed by atoms with Crippen molar-refractivity contribution in [2.45, 2.75) is 31.2 Å². The number of nitrogens with zero attached hydrogens (tertiary/aromatic N) is 2. The Morgan fingerprint density at radius 2 is 1.82 bits per heavy atom. The smallest absolute Gasteiger partial charge is 0.340 e. The third-order valence-electron chi connectivity index (χ3n) is 5.72. The van der Waals surface area contributed by atoms with Crippen LogP contribution in [0.1, 0.15) is 30.1 Å². The van der Waals surface area contributed by atoms with Crippen LogP contribution in [-0.4, -0.2) is 56.0 Å². The molecule has 1 aliphatic heterocycles. The van der Waals surface area contributed by atoms with Crippen LogP contribution < -0.4 is 10.1 Å². The molecule has 0 unspecified atom stereocenters. The Labute approximate surface area is 198 Å². The summed E-state index contributed by atoms with van der Waals surface area (Å²) in [6, 6.07) is 11.8.